The van der Waals surface area contributed by atoms with Gasteiger partial charge in [-0.25, -0.2) is 0 Å². The molecule has 60 heavy (non-hydrogen) atoms. The lowest BCUT2D eigenvalue weighted by atomic mass is 9.92. The van der Waals surface area contributed by atoms with Gasteiger partial charge in [-0.1, -0.05) is 182 Å². The highest BCUT2D eigenvalue weighted by atomic mass is 16.3. The topological polar surface area (TPSA) is 16.4 Å². The summed E-state index contributed by atoms with van der Waals surface area (Å²) in [6.07, 6.45) is 0. The molecule has 1 aromatic heterocycles. The molecule has 0 N–H and O–H groups in total. The van der Waals surface area contributed by atoms with Crippen molar-refractivity contribution in [1.29, 1.82) is 0 Å². The quantitative estimate of drug-likeness (QED) is 0.153. The zero-order valence-electron chi connectivity index (χ0n) is 32.9. The molecule has 282 valence electrons. The minimum absolute atomic E-state index is 0.905. The van der Waals surface area contributed by atoms with Gasteiger partial charge in [-0.3, -0.25) is 0 Å². The van der Waals surface area contributed by atoms with E-state index in [-0.39, 0.29) is 0 Å². The number of furan rings is 1. The molecule has 0 bridgehead atoms. The first-order valence-electron chi connectivity index (χ1n) is 20.5. The Morgan fingerprint density at radius 3 is 1.12 bits per heavy atom. The van der Waals surface area contributed by atoms with Crippen LogP contribution in [0.4, 0.5) is 17.1 Å². The highest BCUT2D eigenvalue weighted by Crippen LogP contribution is 2.41. The van der Waals surface area contributed by atoms with Crippen molar-refractivity contribution in [2.45, 2.75) is 0 Å². The van der Waals surface area contributed by atoms with Gasteiger partial charge in [0.25, 0.3) is 0 Å². The fraction of sp³-hybridized carbons (Fsp3) is 0. The van der Waals surface area contributed by atoms with Gasteiger partial charge < -0.3 is 9.32 Å². The Morgan fingerprint density at radius 1 is 0.233 bits per heavy atom. The number of rotatable bonds is 8. The molecule has 0 amide bonds. The Hall–Kier alpha value is -7.94. The van der Waals surface area contributed by atoms with Gasteiger partial charge in [0.05, 0.1) is 0 Å². The summed E-state index contributed by atoms with van der Waals surface area (Å²) >= 11 is 0. The molecule has 0 atom stereocenters. The molecule has 0 radical (unpaired) electrons. The van der Waals surface area contributed by atoms with E-state index >= 15 is 0 Å². The van der Waals surface area contributed by atoms with Crippen LogP contribution in [0.2, 0.25) is 0 Å². The number of para-hydroxylation sites is 1. The van der Waals surface area contributed by atoms with Gasteiger partial charge in [0.15, 0.2) is 0 Å². The van der Waals surface area contributed by atoms with Gasteiger partial charge in [-0.2, -0.15) is 0 Å². The maximum Gasteiger partial charge on any atom is 0.135 e. The Bertz CT molecular complexity index is 3260. The molecule has 0 fully saturated rings. The van der Waals surface area contributed by atoms with E-state index < -0.39 is 0 Å². The second-order valence-electron chi connectivity index (χ2n) is 15.3. The molecule has 10 aromatic carbocycles. The highest BCUT2D eigenvalue weighted by Gasteiger charge is 2.16. The maximum absolute atomic E-state index is 6.13. The van der Waals surface area contributed by atoms with E-state index in [1.165, 1.54) is 55.3 Å². The molecule has 0 aliphatic heterocycles. The van der Waals surface area contributed by atoms with Crippen molar-refractivity contribution in [1.82, 2.24) is 0 Å². The van der Waals surface area contributed by atoms with Crippen molar-refractivity contribution >= 4 is 49.8 Å². The molecule has 11 aromatic rings. The van der Waals surface area contributed by atoms with Crippen LogP contribution in [-0.2, 0) is 0 Å². The molecule has 0 spiro atoms. The maximum atomic E-state index is 6.13. The van der Waals surface area contributed by atoms with E-state index in [1.54, 1.807) is 0 Å². The summed E-state index contributed by atoms with van der Waals surface area (Å²) in [5.74, 6) is 0. The predicted octanol–water partition coefficient (Wildman–Crippen LogP) is 16.5. The fourth-order valence-corrected chi connectivity index (χ4v) is 8.65. The molecule has 0 saturated heterocycles. The van der Waals surface area contributed by atoms with Crippen LogP contribution in [0, 0.1) is 0 Å². The van der Waals surface area contributed by atoms with Crippen LogP contribution in [-0.4, -0.2) is 0 Å². The molecule has 0 saturated carbocycles. The zero-order valence-corrected chi connectivity index (χ0v) is 32.9. The molecule has 0 unspecified atom stereocenters. The third-order valence-electron chi connectivity index (χ3n) is 11.7. The fourth-order valence-electron chi connectivity index (χ4n) is 8.65. The molecule has 2 heteroatoms. The number of nitrogens with zero attached hydrogens (tertiary/aromatic N) is 1. The average molecular weight is 766 g/mol. The molecular weight excluding hydrogens is 727 g/mol. The summed E-state index contributed by atoms with van der Waals surface area (Å²) in [5.41, 5.74) is 17.1. The number of anilines is 3. The molecule has 2 nitrogen and oxygen atoms in total. The Labute approximate surface area is 349 Å². The van der Waals surface area contributed by atoms with Crippen LogP contribution < -0.4 is 4.90 Å². The monoisotopic (exact) mass is 765 g/mol. The van der Waals surface area contributed by atoms with Gasteiger partial charge >= 0.3 is 0 Å². The molecule has 11 rings (SSSR count). The van der Waals surface area contributed by atoms with Crippen LogP contribution in [0.25, 0.3) is 88.3 Å². The highest BCUT2D eigenvalue weighted by molar-refractivity contribution is 6.07. The van der Waals surface area contributed by atoms with Crippen molar-refractivity contribution < 1.29 is 4.42 Å². The summed E-state index contributed by atoms with van der Waals surface area (Å²) in [6, 6.07) is 84.9. The van der Waals surface area contributed by atoms with Gasteiger partial charge in [-0.05, 0) is 121 Å². The summed E-state index contributed by atoms with van der Waals surface area (Å²) < 4.78 is 6.13. The Balaban J connectivity index is 0.956. The number of benzene rings is 10. The van der Waals surface area contributed by atoms with Crippen LogP contribution >= 0.6 is 0 Å². The second-order valence-corrected chi connectivity index (χ2v) is 15.3. The normalized spacial score (nSPS) is 11.3. The molecular formula is C58H39NO. The first-order valence-corrected chi connectivity index (χ1v) is 20.5. The number of fused-ring (bicyclic) bond motifs is 4. The molecule has 0 aliphatic carbocycles. The van der Waals surface area contributed by atoms with E-state index in [4.69, 9.17) is 4.42 Å². The summed E-state index contributed by atoms with van der Waals surface area (Å²) in [6.45, 7) is 0. The number of hydrogen-bond acceptors (Lipinski definition) is 2. The van der Waals surface area contributed by atoms with Crippen molar-refractivity contribution in [3.63, 3.8) is 0 Å². The van der Waals surface area contributed by atoms with E-state index in [9.17, 15) is 0 Å². The van der Waals surface area contributed by atoms with E-state index in [0.717, 1.165) is 50.1 Å². The minimum atomic E-state index is 0.905. The first kappa shape index (κ1) is 35.2. The molecule has 0 aliphatic rings. The van der Waals surface area contributed by atoms with Gasteiger partial charge in [-0.15, -0.1) is 0 Å². The van der Waals surface area contributed by atoms with Gasteiger partial charge in [0, 0.05) is 27.8 Å². The average Bonchev–Trinajstić information content (AvgIpc) is 3.71. The summed E-state index contributed by atoms with van der Waals surface area (Å²) in [7, 11) is 0. The van der Waals surface area contributed by atoms with Crippen LogP contribution in [0.1, 0.15) is 0 Å². The summed E-state index contributed by atoms with van der Waals surface area (Å²) in [5, 5.41) is 4.76. The van der Waals surface area contributed by atoms with Crippen molar-refractivity contribution in [2.75, 3.05) is 4.90 Å². The van der Waals surface area contributed by atoms with Crippen molar-refractivity contribution in [3.8, 4) is 55.6 Å². The number of hydrogen-bond donors (Lipinski definition) is 0. The second kappa shape index (κ2) is 15.1. The lowest BCUT2D eigenvalue weighted by molar-refractivity contribution is 0.669. The SMILES string of the molecule is c1ccc(-c2ccc(-c3ccc(N(c4ccc(-c5ccc6oc7ccccc7c6c5)cc4)c4ccc(-c5ccc(-c6ccccc6)c6ccccc56)cc4)cc3)cc2)cc1. The smallest absolute Gasteiger partial charge is 0.135 e. The van der Waals surface area contributed by atoms with Gasteiger partial charge in [0.1, 0.15) is 11.2 Å². The van der Waals surface area contributed by atoms with Gasteiger partial charge in [0.2, 0.25) is 0 Å². The largest absolute Gasteiger partial charge is 0.456 e. The minimum Gasteiger partial charge on any atom is -0.456 e. The zero-order chi connectivity index (χ0) is 39.8. The van der Waals surface area contributed by atoms with E-state index in [1.807, 2.05) is 12.1 Å². The van der Waals surface area contributed by atoms with Crippen LogP contribution in [0.15, 0.2) is 241 Å². The Kier molecular flexibility index (Phi) is 8.87. The van der Waals surface area contributed by atoms with Crippen molar-refractivity contribution in [3.05, 3.63) is 237 Å². The third-order valence-corrected chi connectivity index (χ3v) is 11.7. The van der Waals surface area contributed by atoms with Crippen LogP contribution in [0.3, 0.4) is 0 Å². The Morgan fingerprint density at radius 2 is 0.583 bits per heavy atom. The standard InChI is InChI=1S/C58H39NO/c1-3-11-40(12-4-1)41-19-21-42(22-20-41)43-23-30-48(31-24-43)59(49-32-25-44(26-33-49)47-29-38-58-56(39-47)55-17-9-10-18-57(55)60-58)50-34-27-46(28-35-50)52-37-36-51(45-13-5-2-6-14-45)53-15-7-8-16-54(52)53/h1-39H. The molecule has 1 heterocycles. The third kappa shape index (κ3) is 6.51. The lowest BCUT2D eigenvalue weighted by Crippen LogP contribution is -2.09. The van der Waals surface area contributed by atoms with Crippen molar-refractivity contribution in [2.24, 2.45) is 0 Å². The van der Waals surface area contributed by atoms with Crippen LogP contribution in [0.5, 0.6) is 0 Å². The predicted molar refractivity (Wildman–Crippen MR) is 253 cm³/mol. The lowest BCUT2D eigenvalue weighted by Gasteiger charge is -2.26. The first-order chi connectivity index (χ1) is 29.7. The van der Waals surface area contributed by atoms with E-state index in [0.29, 0.717) is 0 Å². The summed E-state index contributed by atoms with van der Waals surface area (Å²) in [4.78, 5) is 2.35. The van der Waals surface area contributed by atoms with E-state index in [2.05, 4.69) is 229 Å².